The molecule has 156 valence electrons. The van der Waals surface area contributed by atoms with E-state index >= 15 is 0 Å². The normalized spacial score (nSPS) is 15.0. The zero-order valence-corrected chi connectivity index (χ0v) is 18.5. The highest BCUT2D eigenvalue weighted by atomic mass is 32.2. The van der Waals surface area contributed by atoms with Gasteiger partial charge in [-0.25, -0.2) is 0 Å². The molecule has 4 aromatic rings. The van der Waals surface area contributed by atoms with Crippen LogP contribution in [0.3, 0.4) is 0 Å². The molecule has 1 saturated heterocycles. The number of rotatable bonds is 5. The first-order chi connectivity index (χ1) is 15.7. The fourth-order valence-corrected chi connectivity index (χ4v) is 4.73. The first-order valence-corrected chi connectivity index (χ1v) is 11.1. The minimum atomic E-state index is -0.166. The number of hydrogen-bond donors (Lipinski definition) is 0. The van der Waals surface area contributed by atoms with Crippen LogP contribution < -0.4 is 4.90 Å². The van der Waals surface area contributed by atoms with Crippen molar-refractivity contribution in [2.75, 3.05) is 4.90 Å². The Bertz CT molecular complexity index is 1300. The fourth-order valence-electron chi connectivity index (χ4n) is 3.44. The Labute approximate surface area is 194 Å². The van der Waals surface area contributed by atoms with Gasteiger partial charge in [-0.3, -0.25) is 24.3 Å². The molecule has 8 heteroatoms. The van der Waals surface area contributed by atoms with Gasteiger partial charge in [-0.15, -0.1) is 0 Å². The number of thiocarbonyl (C=S) groups is 1. The molecule has 0 aliphatic carbocycles. The molecule has 3 aromatic heterocycles. The van der Waals surface area contributed by atoms with Crippen molar-refractivity contribution in [2.24, 2.45) is 0 Å². The van der Waals surface area contributed by atoms with Crippen molar-refractivity contribution >= 4 is 46.0 Å². The van der Waals surface area contributed by atoms with Gasteiger partial charge in [-0.05, 0) is 35.9 Å². The minimum Gasteiger partial charge on any atom is -0.268 e. The van der Waals surface area contributed by atoms with Crippen molar-refractivity contribution in [3.05, 3.63) is 102 Å². The van der Waals surface area contributed by atoms with Crippen LogP contribution in [0.1, 0.15) is 11.1 Å². The van der Waals surface area contributed by atoms with E-state index in [2.05, 4.69) is 22.1 Å². The molecule has 4 heterocycles. The Hall–Kier alpha value is -3.62. The van der Waals surface area contributed by atoms with Crippen molar-refractivity contribution in [3.63, 3.8) is 0 Å². The second-order valence-electron chi connectivity index (χ2n) is 7.09. The molecule has 1 aliphatic rings. The van der Waals surface area contributed by atoms with Crippen LogP contribution >= 0.6 is 24.0 Å². The van der Waals surface area contributed by atoms with E-state index in [1.54, 1.807) is 30.9 Å². The van der Waals surface area contributed by atoms with Crippen LogP contribution in [0.2, 0.25) is 0 Å². The number of carbonyl (C=O) groups is 1. The average molecular weight is 456 g/mol. The maximum Gasteiger partial charge on any atom is 0.270 e. The quantitative estimate of drug-likeness (QED) is 0.318. The lowest BCUT2D eigenvalue weighted by Gasteiger charge is -2.13. The Kier molecular flexibility index (Phi) is 5.62. The number of pyridine rings is 2. The van der Waals surface area contributed by atoms with Gasteiger partial charge in [0.05, 0.1) is 23.3 Å². The highest BCUT2D eigenvalue weighted by molar-refractivity contribution is 8.27. The van der Waals surface area contributed by atoms with E-state index in [4.69, 9.17) is 17.3 Å². The lowest BCUT2D eigenvalue weighted by molar-refractivity contribution is -0.113. The molecule has 1 aromatic carbocycles. The highest BCUT2D eigenvalue weighted by Crippen LogP contribution is 2.37. The molecule has 1 fully saturated rings. The van der Waals surface area contributed by atoms with Crippen molar-refractivity contribution in [3.8, 4) is 11.3 Å². The fraction of sp³-hybridized carbons (Fsp3) is 0.0417. The first kappa shape index (κ1) is 20.3. The van der Waals surface area contributed by atoms with E-state index in [9.17, 15) is 4.79 Å². The van der Waals surface area contributed by atoms with E-state index in [0.29, 0.717) is 21.5 Å². The van der Waals surface area contributed by atoms with Gasteiger partial charge < -0.3 is 0 Å². The molecule has 1 amide bonds. The standard InChI is InChI=1S/C24H17N5OS2/c30-23-21(32-24(31)29(23)20-9-5-11-26-14-20)12-19-16-28(15-17-6-2-1-3-7-17)27-22(19)18-8-4-10-25-13-18/h1-14,16H,15H2/b21-12-. The molecule has 6 nitrogen and oxygen atoms in total. The summed E-state index contributed by atoms with van der Waals surface area (Å²) in [5.41, 5.74) is 4.28. The van der Waals surface area contributed by atoms with E-state index < -0.39 is 0 Å². The van der Waals surface area contributed by atoms with Gasteiger partial charge in [0.2, 0.25) is 0 Å². The van der Waals surface area contributed by atoms with Gasteiger partial charge in [0.1, 0.15) is 5.69 Å². The third-order valence-electron chi connectivity index (χ3n) is 4.90. The molecule has 0 bridgehead atoms. The zero-order valence-electron chi connectivity index (χ0n) is 16.8. The lowest BCUT2D eigenvalue weighted by Crippen LogP contribution is -2.27. The predicted octanol–water partition coefficient (Wildman–Crippen LogP) is 4.79. The van der Waals surface area contributed by atoms with E-state index in [0.717, 1.165) is 22.4 Å². The molecule has 1 aliphatic heterocycles. The minimum absolute atomic E-state index is 0.166. The second-order valence-corrected chi connectivity index (χ2v) is 8.76. The molecule has 0 saturated carbocycles. The first-order valence-electron chi connectivity index (χ1n) is 9.89. The number of nitrogens with zero attached hydrogens (tertiary/aromatic N) is 5. The van der Waals surface area contributed by atoms with Crippen molar-refractivity contribution in [1.29, 1.82) is 0 Å². The van der Waals surface area contributed by atoms with Gasteiger partial charge in [0, 0.05) is 35.9 Å². The molecule has 0 spiro atoms. The number of aromatic nitrogens is 4. The average Bonchev–Trinajstić information content (AvgIpc) is 3.35. The Morgan fingerprint density at radius 3 is 2.47 bits per heavy atom. The summed E-state index contributed by atoms with van der Waals surface area (Å²) in [5.74, 6) is -0.166. The topological polar surface area (TPSA) is 63.9 Å². The molecule has 0 unspecified atom stereocenters. The molecular formula is C24H17N5OS2. The molecule has 32 heavy (non-hydrogen) atoms. The lowest BCUT2D eigenvalue weighted by atomic mass is 10.1. The van der Waals surface area contributed by atoms with Crippen LogP contribution in [0.15, 0.2) is 90.5 Å². The van der Waals surface area contributed by atoms with Crippen molar-refractivity contribution in [1.82, 2.24) is 19.7 Å². The van der Waals surface area contributed by atoms with Gasteiger partial charge in [0.25, 0.3) is 5.91 Å². The summed E-state index contributed by atoms with van der Waals surface area (Å²) in [7, 11) is 0. The Morgan fingerprint density at radius 2 is 1.75 bits per heavy atom. The summed E-state index contributed by atoms with van der Waals surface area (Å²) < 4.78 is 2.36. The summed E-state index contributed by atoms with van der Waals surface area (Å²) in [4.78, 5) is 23.5. The van der Waals surface area contributed by atoms with Gasteiger partial charge in [-0.2, -0.15) is 5.10 Å². The summed E-state index contributed by atoms with van der Waals surface area (Å²) in [6.07, 6.45) is 10.6. The number of hydrogen-bond acceptors (Lipinski definition) is 6. The monoisotopic (exact) mass is 455 g/mol. The largest absolute Gasteiger partial charge is 0.270 e. The molecule has 5 rings (SSSR count). The molecule has 0 N–H and O–H groups in total. The number of amides is 1. The smallest absolute Gasteiger partial charge is 0.268 e. The summed E-state index contributed by atoms with van der Waals surface area (Å²) in [6.45, 7) is 0.624. The van der Waals surface area contributed by atoms with Gasteiger partial charge in [0.15, 0.2) is 4.32 Å². The maximum absolute atomic E-state index is 13.1. The van der Waals surface area contributed by atoms with Crippen molar-refractivity contribution < 1.29 is 4.79 Å². The molecular weight excluding hydrogens is 438 g/mol. The number of benzene rings is 1. The van der Waals surface area contributed by atoms with Crippen LogP contribution in [0, 0.1) is 0 Å². The van der Waals surface area contributed by atoms with Crippen LogP contribution in [-0.4, -0.2) is 30.0 Å². The maximum atomic E-state index is 13.1. The van der Waals surface area contributed by atoms with E-state index in [1.165, 1.54) is 16.7 Å². The van der Waals surface area contributed by atoms with Gasteiger partial charge >= 0.3 is 0 Å². The summed E-state index contributed by atoms with van der Waals surface area (Å²) in [5, 5.41) is 4.79. The molecule has 0 radical (unpaired) electrons. The number of carbonyl (C=O) groups excluding carboxylic acids is 1. The number of thioether (sulfide) groups is 1. The van der Waals surface area contributed by atoms with E-state index in [-0.39, 0.29) is 5.91 Å². The number of anilines is 1. The zero-order chi connectivity index (χ0) is 21.9. The summed E-state index contributed by atoms with van der Waals surface area (Å²) in [6, 6.07) is 17.6. The van der Waals surface area contributed by atoms with Crippen LogP contribution in [0.25, 0.3) is 17.3 Å². The van der Waals surface area contributed by atoms with Crippen LogP contribution in [0.5, 0.6) is 0 Å². The molecule has 0 atom stereocenters. The Morgan fingerprint density at radius 1 is 0.969 bits per heavy atom. The van der Waals surface area contributed by atoms with Gasteiger partial charge in [-0.1, -0.05) is 54.3 Å². The van der Waals surface area contributed by atoms with Crippen molar-refractivity contribution in [2.45, 2.75) is 6.54 Å². The van der Waals surface area contributed by atoms with E-state index in [1.807, 2.05) is 53.4 Å². The highest BCUT2D eigenvalue weighted by Gasteiger charge is 2.33. The van der Waals surface area contributed by atoms with Crippen LogP contribution in [-0.2, 0) is 11.3 Å². The third kappa shape index (κ3) is 4.10. The SMILES string of the molecule is O=C1/C(=C/c2cn(Cc3ccccc3)nc2-c2cccnc2)SC(=S)N1c1cccnc1. The Balaban J connectivity index is 1.53. The van der Waals surface area contributed by atoms with Crippen LogP contribution in [0.4, 0.5) is 5.69 Å². The summed E-state index contributed by atoms with van der Waals surface area (Å²) >= 11 is 6.76. The predicted molar refractivity (Wildman–Crippen MR) is 131 cm³/mol. The third-order valence-corrected chi connectivity index (χ3v) is 6.20. The second kappa shape index (κ2) is 8.86.